The van der Waals surface area contributed by atoms with Crippen LogP contribution in [0.25, 0.3) is 0 Å². The predicted octanol–water partition coefficient (Wildman–Crippen LogP) is 2.18. The van der Waals surface area contributed by atoms with Crippen LogP contribution in [0.3, 0.4) is 0 Å². The van der Waals surface area contributed by atoms with Crippen molar-refractivity contribution in [2.75, 3.05) is 0 Å². The van der Waals surface area contributed by atoms with Gasteiger partial charge in [0.25, 0.3) is 5.91 Å². The molecule has 110 valence electrons. The van der Waals surface area contributed by atoms with Crippen molar-refractivity contribution in [3.8, 4) is 0 Å². The molecule has 0 saturated heterocycles. The molecular weight excluding hydrogens is 256 g/mol. The van der Waals surface area contributed by atoms with Gasteiger partial charge in [-0.25, -0.2) is 4.79 Å². The summed E-state index contributed by atoms with van der Waals surface area (Å²) in [5.41, 5.74) is -0.111. The predicted molar refractivity (Wildman–Crippen MR) is 76.2 cm³/mol. The molecule has 0 aliphatic rings. The fourth-order valence-electron chi connectivity index (χ4n) is 1.59. The first kappa shape index (κ1) is 16.1. The summed E-state index contributed by atoms with van der Waals surface area (Å²) in [4.78, 5) is 28.1. The first-order valence-electron chi connectivity index (χ1n) is 6.64. The topological polar surface area (TPSA) is 68.3 Å². The van der Waals surface area contributed by atoms with Gasteiger partial charge in [0.2, 0.25) is 0 Å². The van der Waals surface area contributed by atoms with Gasteiger partial charge in [0.1, 0.15) is 11.6 Å². The number of rotatable bonds is 4. The lowest BCUT2D eigenvalue weighted by Crippen LogP contribution is -2.47. The van der Waals surface area contributed by atoms with Crippen molar-refractivity contribution in [3.05, 3.63) is 30.1 Å². The van der Waals surface area contributed by atoms with Gasteiger partial charge in [-0.3, -0.25) is 9.78 Å². The van der Waals surface area contributed by atoms with Crippen LogP contribution in [-0.2, 0) is 9.53 Å². The fraction of sp³-hybridized carbons (Fsp3) is 0.533. The van der Waals surface area contributed by atoms with Crippen LogP contribution in [0.5, 0.6) is 0 Å². The Bertz CT molecular complexity index is 464. The highest BCUT2D eigenvalue weighted by Gasteiger charge is 2.29. The Morgan fingerprint density at radius 1 is 1.20 bits per heavy atom. The lowest BCUT2D eigenvalue weighted by atomic mass is 10.0. The van der Waals surface area contributed by atoms with Crippen molar-refractivity contribution in [3.63, 3.8) is 0 Å². The summed E-state index contributed by atoms with van der Waals surface area (Å²) in [6, 6.07) is 2.53. The van der Waals surface area contributed by atoms with Crippen molar-refractivity contribution in [2.24, 2.45) is 5.92 Å². The molecule has 0 aromatic carbocycles. The van der Waals surface area contributed by atoms with Crippen LogP contribution in [0.1, 0.15) is 45.0 Å². The standard InChI is InChI=1S/C15H22N2O3/c1-10(2)12(14(19)20-15(3,4)5)17-13(18)11-6-8-16-9-7-11/h6-10,12H,1-5H3,(H,17,18)/t12-/m1/s1. The molecular formula is C15H22N2O3. The van der Waals surface area contributed by atoms with Gasteiger partial charge in [0.05, 0.1) is 0 Å². The molecule has 5 heteroatoms. The van der Waals surface area contributed by atoms with E-state index < -0.39 is 17.6 Å². The molecule has 0 saturated carbocycles. The molecule has 0 radical (unpaired) electrons. The number of amides is 1. The molecule has 0 bridgehead atoms. The van der Waals surface area contributed by atoms with Crippen LogP contribution in [0.4, 0.5) is 0 Å². The Balaban J connectivity index is 2.78. The summed E-state index contributed by atoms with van der Waals surface area (Å²) in [6.07, 6.45) is 3.07. The Labute approximate surface area is 119 Å². The van der Waals surface area contributed by atoms with E-state index in [0.717, 1.165) is 0 Å². The summed E-state index contributed by atoms with van der Waals surface area (Å²) in [5.74, 6) is -0.789. The first-order chi connectivity index (χ1) is 9.20. The van der Waals surface area contributed by atoms with E-state index in [0.29, 0.717) is 5.56 Å². The van der Waals surface area contributed by atoms with Gasteiger partial charge in [-0.1, -0.05) is 13.8 Å². The van der Waals surface area contributed by atoms with E-state index in [-0.39, 0.29) is 11.8 Å². The largest absolute Gasteiger partial charge is 0.458 e. The normalized spacial score (nSPS) is 12.9. The molecule has 0 spiro atoms. The third-order valence-corrected chi connectivity index (χ3v) is 2.56. The maximum atomic E-state index is 12.1. The summed E-state index contributed by atoms with van der Waals surface area (Å²) < 4.78 is 5.33. The number of esters is 1. The van der Waals surface area contributed by atoms with Gasteiger partial charge < -0.3 is 10.1 Å². The summed E-state index contributed by atoms with van der Waals surface area (Å²) in [5, 5.41) is 2.71. The van der Waals surface area contributed by atoms with E-state index in [2.05, 4.69) is 10.3 Å². The minimum absolute atomic E-state index is 0.0596. The highest BCUT2D eigenvalue weighted by atomic mass is 16.6. The van der Waals surface area contributed by atoms with Crippen LogP contribution in [0.15, 0.2) is 24.5 Å². The molecule has 1 aromatic rings. The van der Waals surface area contributed by atoms with Crippen molar-refractivity contribution in [1.82, 2.24) is 10.3 Å². The Morgan fingerprint density at radius 2 is 1.75 bits per heavy atom. The number of hydrogen-bond donors (Lipinski definition) is 1. The van der Waals surface area contributed by atoms with E-state index >= 15 is 0 Å². The monoisotopic (exact) mass is 278 g/mol. The summed E-state index contributed by atoms with van der Waals surface area (Å²) >= 11 is 0. The number of nitrogens with zero attached hydrogens (tertiary/aromatic N) is 1. The molecule has 0 aliphatic carbocycles. The fourth-order valence-corrected chi connectivity index (χ4v) is 1.59. The molecule has 0 aliphatic heterocycles. The second kappa shape index (κ2) is 6.50. The highest BCUT2D eigenvalue weighted by molar-refractivity contribution is 5.96. The molecule has 1 heterocycles. The highest BCUT2D eigenvalue weighted by Crippen LogP contribution is 2.13. The van der Waals surface area contributed by atoms with Gasteiger partial charge in [-0.05, 0) is 38.8 Å². The van der Waals surface area contributed by atoms with Crippen molar-refractivity contribution in [2.45, 2.75) is 46.3 Å². The van der Waals surface area contributed by atoms with Crippen molar-refractivity contribution >= 4 is 11.9 Å². The number of carbonyl (C=O) groups is 2. The lowest BCUT2D eigenvalue weighted by Gasteiger charge is -2.26. The van der Waals surface area contributed by atoms with Gasteiger partial charge in [0, 0.05) is 18.0 Å². The second-order valence-corrected chi connectivity index (χ2v) is 5.96. The quantitative estimate of drug-likeness (QED) is 0.857. The zero-order chi connectivity index (χ0) is 15.3. The Morgan fingerprint density at radius 3 is 2.20 bits per heavy atom. The summed E-state index contributed by atoms with van der Waals surface area (Å²) in [6.45, 7) is 9.12. The van der Waals surface area contributed by atoms with Gasteiger partial charge >= 0.3 is 5.97 Å². The second-order valence-electron chi connectivity index (χ2n) is 5.96. The van der Waals surface area contributed by atoms with Crippen LogP contribution in [0.2, 0.25) is 0 Å². The number of aromatic nitrogens is 1. The molecule has 1 aromatic heterocycles. The molecule has 1 atom stereocenters. The van der Waals surface area contributed by atoms with E-state index in [1.807, 2.05) is 13.8 Å². The minimum Gasteiger partial charge on any atom is -0.458 e. The number of hydrogen-bond acceptors (Lipinski definition) is 4. The molecule has 0 unspecified atom stereocenters. The summed E-state index contributed by atoms with van der Waals surface area (Å²) in [7, 11) is 0. The first-order valence-corrected chi connectivity index (χ1v) is 6.64. The lowest BCUT2D eigenvalue weighted by molar-refractivity contribution is -0.158. The smallest absolute Gasteiger partial charge is 0.329 e. The third-order valence-electron chi connectivity index (χ3n) is 2.56. The average Bonchev–Trinajstić information content (AvgIpc) is 2.34. The zero-order valence-corrected chi connectivity index (χ0v) is 12.6. The minimum atomic E-state index is -0.671. The molecule has 0 fully saturated rings. The number of carbonyl (C=O) groups excluding carboxylic acids is 2. The number of ether oxygens (including phenoxy) is 1. The van der Waals surface area contributed by atoms with Gasteiger partial charge in [-0.2, -0.15) is 0 Å². The number of pyridine rings is 1. The van der Waals surface area contributed by atoms with Crippen LogP contribution < -0.4 is 5.32 Å². The molecule has 20 heavy (non-hydrogen) atoms. The molecule has 1 rings (SSSR count). The maximum Gasteiger partial charge on any atom is 0.329 e. The Hall–Kier alpha value is -1.91. The number of nitrogens with one attached hydrogen (secondary N) is 1. The maximum absolute atomic E-state index is 12.1. The van der Waals surface area contributed by atoms with Crippen LogP contribution in [-0.4, -0.2) is 28.5 Å². The van der Waals surface area contributed by atoms with E-state index in [9.17, 15) is 9.59 Å². The van der Waals surface area contributed by atoms with E-state index in [1.165, 1.54) is 12.4 Å². The van der Waals surface area contributed by atoms with Crippen LogP contribution in [0, 0.1) is 5.92 Å². The molecule has 1 N–H and O–H groups in total. The average molecular weight is 278 g/mol. The van der Waals surface area contributed by atoms with Crippen molar-refractivity contribution in [1.29, 1.82) is 0 Å². The van der Waals surface area contributed by atoms with E-state index in [4.69, 9.17) is 4.74 Å². The molecule has 5 nitrogen and oxygen atoms in total. The SMILES string of the molecule is CC(C)[C@@H](NC(=O)c1ccncc1)C(=O)OC(C)(C)C. The van der Waals surface area contributed by atoms with Crippen molar-refractivity contribution < 1.29 is 14.3 Å². The van der Waals surface area contributed by atoms with E-state index in [1.54, 1.807) is 32.9 Å². The van der Waals surface area contributed by atoms with Gasteiger partial charge in [-0.15, -0.1) is 0 Å². The van der Waals surface area contributed by atoms with Gasteiger partial charge in [0.15, 0.2) is 0 Å². The molecule has 1 amide bonds. The van der Waals surface area contributed by atoms with Crippen LogP contribution >= 0.6 is 0 Å². The zero-order valence-electron chi connectivity index (χ0n) is 12.6. The third kappa shape index (κ3) is 4.99. The Kier molecular flexibility index (Phi) is 5.25.